The molecule has 0 aliphatic carbocycles. The molecule has 154 valence electrons. The van der Waals surface area contributed by atoms with Crippen LogP contribution in [0.3, 0.4) is 0 Å². The number of ether oxygens (including phenoxy) is 1. The third-order valence-corrected chi connectivity index (χ3v) is 5.43. The molecule has 1 heterocycles. The van der Waals surface area contributed by atoms with Gasteiger partial charge in [0.2, 0.25) is 0 Å². The Labute approximate surface area is 182 Å². The smallest absolute Gasteiger partial charge is 0.259 e. The average molecular weight is 421 g/mol. The first-order valence-corrected chi connectivity index (χ1v) is 9.85. The van der Waals surface area contributed by atoms with E-state index in [1.165, 1.54) is 17.1 Å². The zero-order valence-electron chi connectivity index (χ0n) is 17.0. The molecule has 2 aromatic carbocycles. The van der Waals surface area contributed by atoms with Crippen molar-refractivity contribution in [3.8, 4) is 16.9 Å². The van der Waals surface area contributed by atoms with Crippen molar-refractivity contribution in [1.29, 1.82) is 0 Å². The molecule has 1 amide bonds. The minimum Gasteiger partial charge on any atom is -0.508 e. The largest absolute Gasteiger partial charge is 0.508 e. The number of carbonyl (C=O) groups excluding carboxylic acids is 1. The zero-order valence-corrected chi connectivity index (χ0v) is 17.8. The maximum absolute atomic E-state index is 13.2. The lowest BCUT2D eigenvalue weighted by molar-refractivity contribution is -0.130. The molecule has 0 radical (unpaired) electrons. The van der Waals surface area contributed by atoms with Crippen molar-refractivity contribution >= 4 is 23.2 Å². The minimum atomic E-state index is -1.05. The average Bonchev–Trinajstić information content (AvgIpc) is 2.98. The van der Waals surface area contributed by atoms with Gasteiger partial charge >= 0.3 is 0 Å². The number of benzene rings is 2. The van der Waals surface area contributed by atoms with Crippen molar-refractivity contribution in [2.45, 2.75) is 12.0 Å². The number of nitrogens with zero attached hydrogens (tertiary/aromatic N) is 1. The summed E-state index contributed by atoms with van der Waals surface area (Å²) in [5, 5.41) is 13.4. The Balaban J connectivity index is 2.04. The van der Waals surface area contributed by atoms with Gasteiger partial charge in [-0.25, -0.2) is 0 Å². The molecular formula is C24H24N2O3S. The molecular weight excluding hydrogens is 396 g/mol. The molecule has 1 aliphatic heterocycles. The highest BCUT2D eigenvalue weighted by Gasteiger charge is 2.48. The molecule has 1 aliphatic rings. The molecule has 0 bridgehead atoms. The highest BCUT2D eigenvalue weighted by Crippen LogP contribution is 2.35. The Bertz CT molecular complexity index is 1040. The first-order chi connectivity index (χ1) is 14.4. The lowest BCUT2D eigenvalue weighted by atomic mass is 9.84. The van der Waals surface area contributed by atoms with E-state index in [1.807, 2.05) is 48.5 Å². The molecule has 6 heteroatoms. The van der Waals surface area contributed by atoms with Crippen LogP contribution in [0.15, 0.2) is 85.2 Å². The number of hydrogen-bond acceptors (Lipinski definition) is 4. The van der Waals surface area contributed by atoms with Gasteiger partial charge in [-0.05, 0) is 59.3 Å². The molecule has 3 rings (SSSR count). The summed E-state index contributed by atoms with van der Waals surface area (Å²) in [4.78, 5) is 14.7. The number of amides is 1. The number of hydrogen-bond donors (Lipinski definition) is 2. The van der Waals surface area contributed by atoms with Gasteiger partial charge in [0.1, 0.15) is 17.0 Å². The number of carbonyl (C=O) groups is 1. The van der Waals surface area contributed by atoms with Gasteiger partial charge in [0, 0.05) is 13.5 Å². The molecule has 0 saturated carbocycles. The molecule has 30 heavy (non-hydrogen) atoms. The molecule has 1 fully saturated rings. The summed E-state index contributed by atoms with van der Waals surface area (Å²) in [5.41, 5.74) is 1.68. The Kier molecular flexibility index (Phi) is 6.37. The van der Waals surface area contributed by atoms with E-state index in [4.69, 9.17) is 17.0 Å². The number of nitrogens with one attached hydrogen (secondary N) is 1. The quantitative estimate of drug-likeness (QED) is 0.393. The lowest BCUT2D eigenvalue weighted by Gasteiger charge is -2.27. The highest BCUT2D eigenvalue weighted by atomic mass is 32.1. The maximum atomic E-state index is 13.2. The number of aliphatic hydroxyl groups excluding tert-OH is 1. The van der Waals surface area contributed by atoms with Crippen molar-refractivity contribution in [2.24, 2.45) is 0 Å². The van der Waals surface area contributed by atoms with E-state index in [0.29, 0.717) is 11.5 Å². The van der Waals surface area contributed by atoms with Gasteiger partial charge < -0.3 is 15.2 Å². The molecule has 2 N–H and O–H groups in total. The number of likely N-dealkylation sites (N-methyl/N-ethyl adjacent to an activating group) is 1. The number of methoxy groups -OCH3 is 1. The molecule has 1 unspecified atom stereocenters. The monoisotopic (exact) mass is 420 g/mol. The molecule has 5 nitrogen and oxygen atoms in total. The van der Waals surface area contributed by atoms with Gasteiger partial charge in [0.05, 0.1) is 7.11 Å². The van der Waals surface area contributed by atoms with Gasteiger partial charge in [-0.3, -0.25) is 9.69 Å². The summed E-state index contributed by atoms with van der Waals surface area (Å²) in [6.07, 6.45) is 6.58. The third-order valence-electron chi connectivity index (χ3n) is 5.05. The third kappa shape index (κ3) is 4.14. The van der Waals surface area contributed by atoms with Gasteiger partial charge in [0.25, 0.3) is 5.91 Å². The summed E-state index contributed by atoms with van der Waals surface area (Å²) in [5.74, 6) is 0.676. The standard InChI is InChI=1S/C24H24N2O3S/c1-4-8-20(27)12-7-14-24(22(28)26(2)23(30)25-24)19-11-5-9-17(15-19)18-10-6-13-21(16-18)29-3/h4-13,15-16,27H,1,14H2,2-3H3,(H,25,30)/b12-7-,20-8+. The summed E-state index contributed by atoms with van der Waals surface area (Å²) < 4.78 is 5.33. The summed E-state index contributed by atoms with van der Waals surface area (Å²) in [6, 6.07) is 15.5. The second-order valence-corrected chi connectivity index (χ2v) is 7.33. The van der Waals surface area contributed by atoms with E-state index >= 15 is 0 Å². The molecule has 2 aromatic rings. The first kappa shape index (κ1) is 21.3. The van der Waals surface area contributed by atoms with Gasteiger partial charge in [-0.15, -0.1) is 0 Å². The Morgan fingerprint density at radius 2 is 1.97 bits per heavy atom. The van der Waals surface area contributed by atoms with E-state index < -0.39 is 5.54 Å². The predicted molar refractivity (Wildman–Crippen MR) is 123 cm³/mol. The van der Waals surface area contributed by atoms with Crippen molar-refractivity contribution in [2.75, 3.05) is 14.2 Å². The SMILES string of the molecule is C=C/C=C(O)\C=C/CC1(c2cccc(-c3cccc(OC)c3)c2)NC(=S)N(C)C1=O. The van der Waals surface area contributed by atoms with Crippen molar-refractivity contribution in [3.05, 3.63) is 90.7 Å². The van der Waals surface area contributed by atoms with Crippen LogP contribution in [0.5, 0.6) is 5.75 Å². The van der Waals surface area contributed by atoms with E-state index in [2.05, 4.69) is 11.9 Å². The number of allylic oxidation sites excluding steroid dienone is 3. The Morgan fingerprint density at radius 3 is 2.60 bits per heavy atom. The minimum absolute atomic E-state index is 0.0617. The van der Waals surface area contributed by atoms with Crippen LogP contribution >= 0.6 is 12.2 Å². The normalized spacial score (nSPS) is 19.3. The summed E-state index contributed by atoms with van der Waals surface area (Å²) >= 11 is 5.35. The van der Waals surface area contributed by atoms with Crippen molar-refractivity contribution in [1.82, 2.24) is 10.2 Å². The molecule has 0 aromatic heterocycles. The predicted octanol–water partition coefficient (Wildman–Crippen LogP) is 4.48. The molecule has 1 atom stereocenters. The van der Waals surface area contributed by atoms with E-state index in [9.17, 15) is 9.90 Å². The van der Waals surface area contributed by atoms with Crippen LogP contribution in [-0.2, 0) is 10.3 Å². The number of aliphatic hydroxyl groups is 1. The Hall–Kier alpha value is -3.38. The first-order valence-electron chi connectivity index (χ1n) is 9.45. The maximum Gasteiger partial charge on any atom is 0.259 e. The zero-order chi connectivity index (χ0) is 21.7. The fourth-order valence-corrected chi connectivity index (χ4v) is 3.71. The number of thiocarbonyl (C=S) groups is 1. The topological polar surface area (TPSA) is 61.8 Å². The van der Waals surface area contributed by atoms with Crippen LogP contribution in [0.2, 0.25) is 0 Å². The van der Waals surface area contributed by atoms with Crippen molar-refractivity contribution in [3.63, 3.8) is 0 Å². The highest BCUT2D eigenvalue weighted by molar-refractivity contribution is 7.80. The molecule has 1 saturated heterocycles. The van der Waals surface area contributed by atoms with Gasteiger partial charge in [-0.1, -0.05) is 49.1 Å². The fourth-order valence-electron chi connectivity index (χ4n) is 3.45. The van der Waals surface area contributed by atoms with Gasteiger partial charge in [0.15, 0.2) is 5.11 Å². The molecule has 0 spiro atoms. The second-order valence-electron chi connectivity index (χ2n) is 6.95. The van der Waals surface area contributed by atoms with Gasteiger partial charge in [-0.2, -0.15) is 0 Å². The van der Waals surface area contributed by atoms with Crippen LogP contribution < -0.4 is 10.1 Å². The van der Waals surface area contributed by atoms with Crippen LogP contribution in [0.25, 0.3) is 11.1 Å². The van der Waals surface area contributed by atoms with E-state index in [1.54, 1.807) is 26.3 Å². The van der Waals surface area contributed by atoms with Crippen LogP contribution in [-0.4, -0.2) is 35.2 Å². The lowest BCUT2D eigenvalue weighted by Crippen LogP contribution is -2.43. The summed E-state index contributed by atoms with van der Waals surface area (Å²) in [7, 11) is 3.29. The van der Waals surface area contributed by atoms with Crippen LogP contribution in [0, 0.1) is 0 Å². The summed E-state index contributed by atoms with van der Waals surface area (Å²) in [6.45, 7) is 3.56. The second kappa shape index (κ2) is 8.97. The number of rotatable bonds is 7. The Morgan fingerprint density at radius 1 is 1.27 bits per heavy atom. The van der Waals surface area contributed by atoms with E-state index in [-0.39, 0.29) is 11.7 Å². The van der Waals surface area contributed by atoms with E-state index in [0.717, 1.165) is 22.4 Å². The van der Waals surface area contributed by atoms with Crippen LogP contribution in [0.1, 0.15) is 12.0 Å². The van der Waals surface area contributed by atoms with Crippen molar-refractivity contribution < 1.29 is 14.6 Å². The fraction of sp³-hybridized carbons (Fsp3) is 0.167. The van der Waals surface area contributed by atoms with Crippen LogP contribution in [0.4, 0.5) is 0 Å².